The highest BCUT2D eigenvalue weighted by molar-refractivity contribution is 6.99. The lowest BCUT2D eigenvalue weighted by Crippen LogP contribution is -2.66. The third-order valence-corrected chi connectivity index (χ3v) is 13.3. The van der Waals surface area contributed by atoms with Gasteiger partial charge in [0.2, 0.25) is 0 Å². The molecule has 0 spiro atoms. The highest BCUT2D eigenvalue weighted by Gasteiger charge is 2.49. The van der Waals surface area contributed by atoms with E-state index in [1.807, 2.05) is 0 Å². The van der Waals surface area contributed by atoms with E-state index < -0.39 is 8.32 Å². The van der Waals surface area contributed by atoms with Crippen molar-refractivity contribution in [2.24, 2.45) is 5.92 Å². The Morgan fingerprint density at radius 2 is 1.37 bits per heavy atom. The van der Waals surface area contributed by atoms with E-state index in [1.165, 1.54) is 43.0 Å². The Kier molecular flexibility index (Phi) is 13.2. The van der Waals surface area contributed by atoms with Crippen LogP contribution in [0.15, 0.2) is 96.1 Å². The maximum atomic E-state index is 12.6. The van der Waals surface area contributed by atoms with Gasteiger partial charge in [-0.15, -0.1) is 0 Å². The van der Waals surface area contributed by atoms with Crippen molar-refractivity contribution in [3.8, 4) is 0 Å². The van der Waals surface area contributed by atoms with Crippen molar-refractivity contribution >= 4 is 30.6 Å². The van der Waals surface area contributed by atoms with Gasteiger partial charge in [0.25, 0.3) is 8.32 Å². The summed E-state index contributed by atoms with van der Waals surface area (Å²) in [6.45, 7) is 11.3. The highest BCUT2D eigenvalue weighted by Crippen LogP contribution is 2.39. The molecule has 0 N–H and O–H groups in total. The minimum atomic E-state index is -2.56. The van der Waals surface area contributed by atoms with Crippen LogP contribution >= 0.6 is 0 Å². The van der Waals surface area contributed by atoms with Crippen molar-refractivity contribution in [1.29, 1.82) is 0 Å². The molecular formula is C37H50O5Si. The third-order valence-electron chi connectivity index (χ3n) is 8.28. The number of carbonyl (C=O) groups excluding carboxylic acids is 2. The lowest BCUT2D eigenvalue weighted by molar-refractivity contribution is -0.137. The average molecular weight is 603 g/mol. The molecule has 0 bridgehead atoms. The highest BCUT2D eigenvalue weighted by atomic mass is 28.4. The predicted octanol–water partition coefficient (Wildman–Crippen LogP) is 7.46. The fourth-order valence-corrected chi connectivity index (χ4v) is 10.4. The van der Waals surface area contributed by atoms with Crippen LogP contribution in [0.25, 0.3) is 0 Å². The summed E-state index contributed by atoms with van der Waals surface area (Å²) < 4.78 is 16.9. The SMILES string of the molecule is C=C(CC/C=C(\CC/C=C(/CCCCO[Si](c1ccccc1)(c1ccccc1)C(C)(C)C)C(=O)OC)C1CC1)C(=O)OC. The second-order valence-corrected chi connectivity index (χ2v) is 16.7. The van der Waals surface area contributed by atoms with E-state index in [1.54, 1.807) is 0 Å². The molecule has 1 fully saturated rings. The van der Waals surface area contributed by atoms with Gasteiger partial charge < -0.3 is 13.9 Å². The van der Waals surface area contributed by atoms with E-state index >= 15 is 0 Å². The number of unbranched alkanes of at least 4 members (excludes halogenated alkanes) is 1. The van der Waals surface area contributed by atoms with E-state index in [9.17, 15) is 9.59 Å². The second-order valence-electron chi connectivity index (χ2n) is 12.4. The maximum absolute atomic E-state index is 12.6. The number of hydrogen-bond donors (Lipinski definition) is 0. The molecule has 1 saturated carbocycles. The average Bonchev–Trinajstić information content (AvgIpc) is 3.86. The Hall–Kier alpha value is -3.22. The van der Waals surface area contributed by atoms with Crippen molar-refractivity contribution in [1.82, 2.24) is 0 Å². The first kappa shape index (κ1) is 34.3. The van der Waals surface area contributed by atoms with E-state index in [0.29, 0.717) is 30.9 Å². The molecule has 5 nitrogen and oxygen atoms in total. The minimum Gasteiger partial charge on any atom is -0.466 e. The quantitative estimate of drug-likeness (QED) is 0.0619. The van der Waals surface area contributed by atoms with Crippen LogP contribution in [0.3, 0.4) is 0 Å². The molecule has 0 aliphatic heterocycles. The molecule has 1 aliphatic rings. The van der Waals surface area contributed by atoms with Gasteiger partial charge in [0.15, 0.2) is 0 Å². The van der Waals surface area contributed by atoms with Crippen LogP contribution in [0.2, 0.25) is 5.04 Å². The molecule has 0 amide bonds. The molecule has 0 saturated heterocycles. The molecule has 0 radical (unpaired) electrons. The molecule has 232 valence electrons. The van der Waals surface area contributed by atoms with Crippen LogP contribution < -0.4 is 10.4 Å². The van der Waals surface area contributed by atoms with E-state index in [-0.39, 0.29) is 17.0 Å². The van der Waals surface area contributed by atoms with Gasteiger partial charge in [-0.25, -0.2) is 9.59 Å². The summed E-state index contributed by atoms with van der Waals surface area (Å²) in [4.78, 5) is 24.2. The standard InChI is InChI=1S/C37H50O5Si/c1-29(35(38)40-5)17-15-19-30(31-26-27-31)20-16-21-32(36(39)41-6)18-13-14-28-42-43(37(2,3)4,33-22-9-7-10-23-33)34-24-11-8-12-25-34/h7-12,19,21-25,31H,1,13-18,20,26-28H2,2-6H3/b30-19+,32-21-. The van der Waals surface area contributed by atoms with Crippen LogP contribution in [0.1, 0.15) is 78.6 Å². The van der Waals surface area contributed by atoms with Crippen LogP contribution in [-0.2, 0) is 23.5 Å². The number of benzene rings is 2. The monoisotopic (exact) mass is 602 g/mol. The van der Waals surface area contributed by atoms with Crippen molar-refractivity contribution in [3.63, 3.8) is 0 Å². The summed E-state index contributed by atoms with van der Waals surface area (Å²) in [5, 5.41) is 2.49. The second kappa shape index (κ2) is 16.6. The zero-order chi connectivity index (χ0) is 31.3. The largest absolute Gasteiger partial charge is 0.466 e. The number of methoxy groups -OCH3 is 2. The van der Waals surface area contributed by atoms with Gasteiger partial charge in [0.1, 0.15) is 0 Å². The van der Waals surface area contributed by atoms with Gasteiger partial charge in [-0.05, 0) is 79.1 Å². The van der Waals surface area contributed by atoms with Crippen LogP contribution in [0, 0.1) is 5.92 Å². The van der Waals surface area contributed by atoms with Crippen molar-refractivity contribution < 1.29 is 23.5 Å². The van der Waals surface area contributed by atoms with Crippen LogP contribution in [-0.4, -0.2) is 41.1 Å². The number of allylic oxidation sites excluding steroid dienone is 3. The van der Waals surface area contributed by atoms with Crippen molar-refractivity contribution in [3.05, 3.63) is 96.1 Å². The molecule has 0 unspecified atom stereocenters. The van der Waals surface area contributed by atoms with Gasteiger partial charge in [-0.3, -0.25) is 0 Å². The van der Waals surface area contributed by atoms with Gasteiger partial charge in [-0.1, -0.05) is 106 Å². The third kappa shape index (κ3) is 9.64. The Bertz CT molecular complexity index is 1210. The first-order valence-corrected chi connectivity index (χ1v) is 17.5. The number of ether oxygens (including phenoxy) is 2. The maximum Gasteiger partial charge on any atom is 0.333 e. The minimum absolute atomic E-state index is 0.0634. The molecule has 43 heavy (non-hydrogen) atoms. The molecule has 0 atom stereocenters. The Labute approximate surface area is 260 Å². The first-order valence-electron chi connectivity index (χ1n) is 15.6. The number of carbonyl (C=O) groups is 2. The lowest BCUT2D eigenvalue weighted by Gasteiger charge is -2.43. The van der Waals surface area contributed by atoms with E-state index in [0.717, 1.165) is 37.7 Å². The Morgan fingerprint density at radius 3 is 1.88 bits per heavy atom. The molecule has 0 heterocycles. The molecular weight excluding hydrogens is 552 g/mol. The first-order chi connectivity index (χ1) is 20.6. The molecule has 0 aromatic heterocycles. The summed E-state index contributed by atoms with van der Waals surface area (Å²) in [6, 6.07) is 21.4. The summed E-state index contributed by atoms with van der Waals surface area (Å²) in [5.74, 6) is 0.0308. The summed E-state index contributed by atoms with van der Waals surface area (Å²) in [6.07, 6.45) is 12.2. The van der Waals surface area contributed by atoms with Gasteiger partial charge >= 0.3 is 11.9 Å². The predicted molar refractivity (Wildman–Crippen MR) is 178 cm³/mol. The number of hydrogen-bond acceptors (Lipinski definition) is 5. The lowest BCUT2D eigenvalue weighted by atomic mass is 10.00. The Morgan fingerprint density at radius 1 is 0.814 bits per heavy atom. The normalized spacial score (nSPS) is 14.3. The summed E-state index contributed by atoms with van der Waals surface area (Å²) in [5.41, 5.74) is 2.65. The number of rotatable bonds is 17. The van der Waals surface area contributed by atoms with Crippen LogP contribution in [0.5, 0.6) is 0 Å². The van der Waals surface area contributed by atoms with Crippen LogP contribution in [0.4, 0.5) is 0 Å². The summed E-state index contributed by atoms with van der Waals surface area (Å²) in [7, 11) is 0.269. The zero-order valence-corrected chi connectivity index (χ0v) is 27.8. The molecule has 6 heteroatoms. The fraction of sp³-hybridized carbons (Fsp3) is 0.459. The van der Waals surface area contributed by atoms with Gasteiger partial charge in [0.05, 0.1) is 14.2 Å². The smallest absolute Gasteiger partial charge is 0.333 e. The van der Waals surface area contributed by atoms with Crippen molar-refractivity contribution in [2.45, 2.75) is 83.6 Å². The zero-order valence-electron chi connectivity index (χ0n) is 26.8. The van der Waals surface area contributed by atoms with E-state index in [2.05, 4.69) is 100 Å². The molecule has 1 aliphatic carbocycles. The van der Waals surface area contributed by atoms with E-state index in [4.69, 9.17) is 13.9 Å². The molecule has 2 aromatic carbocycles. The molecule has 3 rings (SSSR count). The summed E-state index contributed by atoms with van der Waals surface area (Å²) >= 11 is 0. The molecule has 2 aromatic rings. The van der Waals surface area contributed by atoms with Gasteiger partial charge in [-0.2, -0.15) is 0 Å². The fourth-order valence-electron chi connectivity index (χ4n) is 5.84. The van der Waals surface area contributed by atoms with Gasteiger partial charge in [0, 0.05) is 17.8 Å². The van der Waals surface area contributed by atoms with Crippen molar-refractivity contribution in [2.75, 3.05) is 20.8 Å². The number of esters is 2. The Balaban J connectivity index is 1.61. The topological polar surface area (TPSA) is 61.8 Å².